The number of carbonyl (C=O) groups is 1. The lowest BCUT2D eigenvalue weighted by Crippen LogP contribution is -2.25. The van der Waals surface area contributed by atoms with Crippen molar-refractivity contribution in [2.45, 2.75) is 20.8 Å². The van der Waals surface area contributed by atoms with Crippen LogP contribution in [0.15, 0.2) is 15.2 Å². The highest BCUT2D eigenvalue weighted by molar-refractivity contribution is 5.93. The Labute approximate surface area is 97.3 Å². The molecule has 0 radical (unpaired) electrons. The molecule has 92 valence electrons. The van der Waals surface area contributed by atoms with Crippen LogP contribution in [0.3, 0.4) is 0 Å². The number of aromatic amines is 2. The predicted molar refractivity (Wildman–Crippen MR) is 62.7 cm³/mol. The molecule has 0 spiro atoms. The molecule has 1 aromatic heterocycles. The van der Waals surface area contributed by atoms with Crippen molar-refractivity contribution in [1.82, 2.24) is 9.97 Å². The SMILES string of the molecule is CCOC(=O)/C(C)=C\c1c(C)[nH]c(=O)[nH]c1=O. The summed E-state index contributed by atoms with van der Waals surface area (Å²) >= 11 is 0. The summed E-state index contributed by atoms with van der Waals surface area (Å²) in [5, 5.41) is 0. The Balaban J connectivity index is 3.19. The molecule has 0 amide bonds. The molecule has 0 aliphatic carbocycles. The van der Waals surface area contributed by atoms with Gasteiger partial charge in [0, 0.05) is 11.3 Å². The summed E-state index contributed by atoms with van der Waals surface area (Å²) in [7, 11) is 0. The molecule has 0 saturated heterocycles. The van der Waals surface area contributed by atoms with Gasteiger partial charge in [0.05, 0.1) is 12.2 Å². The van der Waals surface area contributed by atoms with Crippen molar-refractivity contribution < 1.29 is 9.53 Å². The molecule has 0 bridgehead atoms. The van der Waals surface area contributed by atoms with Gasteiger partial charge in [0.15, 0.2) is 0 Å². The fraction of sp³-hybridized carbons (Fsp3) is 0.364. The molecule has 0 saturated carbocycles. The standard InChI is InChI=1S/C11H14N2O4/c1-4-17-10(15)6(2)5-8-7(3)12-11(16)13-9(8)14/h5H,4H2,1-3H3,(H2,12,13,14,16)/b6-5-. The predicted octanol–water partition coefficient (Wildman–Crippen LogP) is 0.338. The average molecular weight is 238 g/mol. The zero-order chi connectivity index (χ0) is 13.0. The minimum atomic E-state index is -0.571. The lowest BCUT2D eigenvalue weighted by molar-refractivity contribution is -0.138. The second-order valence-corrected chi connectivity index (χ2v) is 3.49. The number of esters is 1. The van der Waals surface area contributed by atoms with Gasteiger partial charge >= 0.3 is 11.7 Å². The van der Waals surface area contributed by atoms with Crippen molar-refractivity contribution in [2.75, 3.05) is 6.61 Å². The van der Waals surface area contributed by atoms with Crippen LogP contribution in [-0.2, 0) is 9.53 Å². The van der Waals surface area contributed by atoms with Crippen molar-refractivity contribution in [1.29, 1.82) is 0 Å². The minimum Gasteiger partial charge on any atom is -0.463 e. The average Bonchev–Trinajstić information content (AvgIpc) is 2.23. The van der Waals surface area contributed by atoms with Gasteiger partial charge in [-0.25, -0.2) is 9.59 Å². The molecule has 6 heteroatoms. The molecule has 17 heavy (non-hydrogen) atoms. The summed E-state index contributed by atoms with van der Waals surface area (Å²) in [4.78, 5) is 38.4. The summed E-state index contributed by atoms with van der Waals surface area (Å²) < 4.78 is 4.79. The zero-order valence-electron chi connectivity index (χ0n) is 9.92. The highest BCUT2D eigenvalue weighted by atomic mass is 16.5. The number of H-pyrrole nitrogens is 2. The molecule has 0 aliphatic rings. The van der Waals surface area contributed by atoms with Crippen molar-refractivity contribution in [2.24, 2.45) is 0 Å². The van der Waals surface area contributed by atoms with Crippen LogP contribution in [0.1, 0.15) is 25.1 Å². The van der Waals surface area contributed by atoms with Gasteiger partial charge in [-0.05, 0) is 26.8 Å². The van der Waals surface area contributed by atoms with Crippen LogP contribution in [0, 0.1) is 6.92 Å². The molecule has 0 aliphatic heterocycles. The van der Waals surface area contributed by atoms with Crippen LogP contribution in [0.4, 0.5) is 0 Å². The van der Waals surface area contributed by atoms with E-state index in [0.717, 1.165) is 0 Å². The normalized spacial score (nSPS) is 11.4. The highest BCUT2D eigenvalue weighted by Crippen LogP contribution is 2.05. The van der Waals surface area contributed by atoms with E-state index < -0.39 is 17.2 Å². The fourth-order valence-corrected chi connectivity index (χ4v) is 1.30. The quantitative estimate of drug-likeness (QED) is 0.586. The fourth-order valence-electron chi connectivity index (χ4n) is 1.30. The smallest absolute Gasteiger partial charge is 0.333 e. The maximum atomic E-state index is 11.5. The van der Waals surface area contributed by atoms with Crippen molar-refractivity contribution in [3.8, 4) is 0 Å². The minimum absolute atomic E-state index is 0.246. The number of aromatic nitrogens is 2. The van der Waals surface area contributed by atoms with Gasteiger partial charge in [-0.1, -0.05) is 0 Å². The number of hydrogen-bond acceptors (Lipinski definition) is 4. The van der Waals surface area contributed by atoms with E-state index in [9.17, 15) is 14.4 Å². The molecular formula is C11H14N2O4. The number of aryl methyl sites for hydroxylation is 1. The van der Waals surface area contributed by atoms with Crippen LogP contribution in [0.2, 0.25) is 0 Å². The van der Waals surface area contributed by atoms with E-state index in [1.807, 2.05) is 0 Å². The van der Waals surface area contributed by atoms with Crippen LogP contribution in [0.5, 0.6) is 0 Å². The van der Waals surface area contributed by atoms with E-state index in [4.69, 9.17) is 4.74 Å². The lowest BCUT2D eigenvalue weighted by atomic mass is 10.1. The van der Waals surface area contributed by atoms with Gasteiger partial charge in [-0.2, -0.15) is 0 Å². The number of nitrogens with one attached hydrogen (secondary N) is 2. The first-order chi connectivity index (χ1) is 7.95. The Hall–Kier alpha value is -2.11. The number of carbonyl (C=O) groups excluding carboxylic acids is 1. The topological polar surface area (TPSA) is 92.0 Å². The molecule has 0 atom stereocenters. The molecule has 1 heterocycles. The third-order valence-corrected chi connectivity index (χ3v) is 2.13. The third-order valence-electron chi connectivity index (χ3n) is 2.13. The number of hydrogen-bond donors (Lipinski definition) is 2. The van der Waals surface area contributed by atoms with Crippen LogP contribution < -0.4 is 11.2 Å². The maximum Gasteiger partial charge on any atom is 0.333 e. The molecule has 0 unspecified atom stereocenters. The van der Waals surface area contributed by atoms with Gasteiger partial charge in [0.1, 0.15) is 0 Å². The summed E-state index contributed by atoms with van der Waals surface area (Å²) in [5.41, 5.74) is -0.154. The molecule has 1 rings (SSSR count). The monoisotopic (exact) mass is 238 g/mol. The second kappa shape index (κ2) is 5.29. The van der Waals surface area contributed by atoms with Crippen molar-refractivity contribution in [3.63, 3.8) is 0 Å². The van der Waals surface area contributed by atoms with Gasteiger partial charge in [-0.15, -0.1) is 0 Å². The third kappa shape index (κ3) is 3.17. The largest absolute Gasteiger partial charge is 0.463 e. The Morgan fingerprint density at radius 2 is 2.00 bits per heavy atom. The summed E-state index contributed by atoms with van der Waals surface area (Å²) in [6, 6.07) is 0. The first kappa shape index (κ1) is 13.0. The lowest BCUT2D eigenvalue weighted by Gasteiger charge is -2.02. The molecule has 0 aromatic carbocycles. The molecule has 1 aromatic rings. The van der Waals surface area contributed by atoms with E-state index in [-0.39, 0.29) is 12.2 Å². The van der Waals surface area contributed by atoms with E-state index in [1.54, 1.807) is 20.8 Å². The van der Waals surface area contributed by atoms with Crippen LogP contribution >= 0.6 is 0 Å². The first-order valence-electron chi connectivity index (χ1n) is 5.14. The first-order valence-corrected chi connectivity index (χ1v) is 5.14. The number of rotatable bonds is 3. The summed E-state index contributed by atoms with van der Waals surface area (Å²) in [6.07, 6.45) is 1.39. The van der Waals surface area contributed by atoms with Gasteiger partial charge in [0.25, 0.3) is 5.56 Å². The van der Waals surface area contributed by atoms with E-state index in [2.05, 4.69) is 9.97 Å². The van der Waals surface area contributed by atoms with Gasteiger partial charge < -0.3 is 9.72 Å². The maximum absolute atomic E-state index is 11.5. The molecule has 6 nitrogen and oxygen atoms in total. The second-order valence-electron chi connectivity index (χ2n) is 3.49. The molecular weight excluding hydrogens is 224 g/mol. The summed E-state index contributed by atoms with van der Waals surface area (Å²) in [5.74, 6) is -0.488. The van der Waals surface area contributed by atoms with E-state index >= 15 is 0 Å². The molecule has 2 N–H and O–H groups in total. The highest BCUT2D eigenvalue weighted by Gasteiger charge is 2.08. The Morgan fingerprint density at radius 3 is 2.53 bits per heavy atom. The van der Waals surface area contributed by atoms with E-state index in [0.29, 0.717) is 11.3 Å². The Bertz CT molecular complexity index is 566. The van der Waals surface area contributed by atoms with Crippen LogP contribution in [-0.4, -0.2) is 22.5 Å². The summed E-state index contributed by atoms with van der Waals surface area (Å²) in [6.45, 7) is 5.09. The van der Waals surface area contributed by atoms with Gasteiger partial charge in [-0.3, -0.25) is 9.78 Å². The zero-order valence-corrected chi connectivity index (χ0v) is 9.92. The molecule has 0 fully saturated rings. The number of ether oxygens (including phenoxy) is 1. The Morgan fingerprint density at radius 1 is 1.35 bits per heavy atom. The van der Waals surface area contributed by atoms with Gasteiger partial charge in [0.2, 0.25) is 0 Å². The van der Waals surface area contributed by atoms with E-state index in [1.165, 1.54) is 6.08 Å². The Kier molecular flexibility index (Phi) is 4.03. The van der Waals surface area contributed by atoms with Crippen LogP contribution in [0.25, 0.3) is 6.08 Å². The van der Waals surface area contributed by atoms with Crippen molar-refractivity contribution in [3.05, 3.63) is 37.7 Å². The van der Waals surface area contributed by atoms with Crippen molar-refractivity contribution >= 4 is 12.0 Å².